The van der Waals surface area contributed by atoms with Crippen LogP contribution in [0, 0.1) is 0 Å². The van der Waals surface area contributed by atoms with Crippen LogP contribution in [0.3, 0.4) is 0 Å². The maximum Gasteiger partial charge on any atom is 0.422 e. The zero-order chi connectivity index (χ0) is 11.5. The molecule has 1 aromatic rings. The van der Waals surface area contributed by atoms with Crippen LogP contribution >= 0.6 is 15.9 Å². The van der Waals surface area contributed by atoms with Crippen molar-refractivity contribution in [2.24, 2.45) is 0 Å². The number of ether oxygens (including phenoxy) is 1. The molecule has 0 saturated heterocycles. The molecule has 0 saturated carbocycles. The first-order valence-corrected chi connectivity index (χ1v) is 4.65. The standard InChI is InChI=1S/C9H6BrF3O2/c10-7-1-6(4-14)2-8(3-7)15-5-9(11,12)13/h1-4H,5H2. The van der Waals surface area contributed by atoms with Gasteiger partial charge in [0.25, 0.3) is 0 Å². The second-order valence-corrected chi connectivity index (χ2v) is 3.66. The average Bonchev–Trinajstić information content (AvgIpc) is 2.13. The van der Waals surface area contributed by atoms with E-state index >= 15 is 0 Å². The monoisotopic (exact) mass is 282 g/mol. The first-order chi connectivity index (χ1) is 6.90. The number of halogens is 4. The molecule has 6 heteroatoms. The summed E-state index contributed by atoms with van der Waals surface area (Å²) in [6, 6.07) is 4.08. The van der Waals surface area contributed by atoms with Gasteiger partial charge in [-0.05, 0) is 18.2 Å². The lowest BCUT2D eigenvalue weighted by molar-refractivity contribution is -0.153. The van der Waals surface area contributed by atoms with Gasteiger partial charge < -0.3 is 4.74 Å². The van der Waals surface area contributed by atoms with Crippen LogP contribution in [-0.4, -0.2) is 19.1 Å². The quantitative estimate of drug-likeness (QED) is 0.796. The van der Waals surface area contributed by atoms with Crippen molar-refractivity contribution in [3.05, 3.63) is 28.2 Å². The molecule has 15 heavy (non-hydrogen) atoms. The molecule has 0 atom stereocenters. The zero-order valence-corrected chi connectivity index (χ0v) is 8.93. The van der Waals surface area contributed by atoms with Crippen molar-refractivity contribution in [2.75, 3.05) is 6.61 Å². The third-order valence-corrected chi connectivity index (χ3v) is 1.89. The molecule has 0 unspecified atom stereocenters. The average molecular weight is 283 g/mol. The van der Waals surface area contributed by atoms with E-state index in [-0.39, 0.29) is 11.3 Å². The predicted molar refractivity (Wildman–Crippen MR) is 51.1 cm³/mol. The van der Waals surface area contributed by atoms with Gasteiger partial charge in [-0.15, -0.1) is 0 Å². The fourth-order valence-corrected chi connectivity index (χ4v) is 1.39. The molecular formula is C9H6BrF3O2. The molecule has 1 rings (SSSR count). The number of hydrogen-bond donors (Lipinski definition) is 0. The molecule has 0 fully saturated rings. The fraction of sp³-hybridized carbons (Fsp3) is 0.222. The summed E-state index contributed by atoms with van der Waals surface area (Å²) in [5.74, 6) is 0.00352. The lowest BCUT2D eigenvalue weighted by Crippen LogP contribution is -2.19. The molecule has 0 bridgehead atoms. The number of carbonyl (C=O) groups excluding carboxylic acids is 1. The molecule has 0 aliphatic heterocycles. The first-order valence-electron chi connectivity index (χ1n) is 3.86. The Morgan fingerprint density at radius 1 is 1.33 bits per heavy atom. The Balaban J connectivity index is 2.77. The molecule has 2 nitrogen and oxygen atoms in total. The Labute approximate surface area is 92.2 Å². The predicted octanol–water partition coefficient (Wildman–Crippen LogP) is 3.20. The largest absolute Gasteiger partial charge is 0.484 e. The number of rotatable bonds is 3. The van der Waals surface area contributed by atoms with Gasteiger partial charge in [0, 0.05) is 10.0 Å². The second kappa shape index (κ2) is 4.65. The summed E-state index contributed by atoms with van der Waals surface area (Å²) in [4.78, 5) is 10.4. The maximum atomic E-state index is 11.8. The smallest absolute Gasteiger partial charge is 0.422 e. The number of carbonyl (C=O) groups is 1. The highest BCUT2D eigenvalue weighted by molar-refractivity contribution is 9.10. The molecule has 0 N–H and O–H groups in total. The second-order valence-electron chi connectivity index (χ2n) is 2.74. The van der Waals surface area contributed by atoms with E-state index in [2.05, 4.69) is 20.7 Å². The van der Waals surface area contributed by atoms with E-state index in [0.29, 0.717) is 10.8 Å². The Hall–Kier alpha value is -1.04. The van der Waals surface area contributed by atoms with Gasteiger partial charge in [0.15, 0.2) is 6.61 Å². The lowest BCUT2D eigenvalue weighted by atomic mass is 10.2. The maximum absolute atomic E-state index is 11.8. The fourth-order valence-electron chi connectivity index (χ4n) is 0.901. The summed E-state index contributed by atoms with van der Waals surface area (Å²) in [6.45, 7) is -1.37. The van der Waals surface area contributed by atoms with Gasteiger partial charge in [-0.25, -0.2) is 0 Å². The minimum atomic E-state index is -4.39. The molecule has 1 aromatic carbocycles. The number of aldehydes is 1. The van der Waals surface area contributed by atoms with Gasteiger partial charge in [0.2, 0.25) is 0 Å². The SMILES string of the molecule is O=Cc1cc(Br)cc(OCC(F)(F)F)c1. The number of alkyl halides is 3. The van der Waals surface area contributed by atoms with E-state index < -0.39 is 12.8 Å². The van der Waals surface area contributed by atoms with Crippen LogP contribution in [0.2, 0.25) is 0 Å². The first kappa shape index (κ1) is 12.0. The zero-order valence-electron chi connectivity index (χ0n) is 7.34. The van der Waals surface area contributed by atoms with Gasteiger partial charge in [0.1, 0.15) is 12.0 Å². The van der Waals surface area contributed by atoms with Gasteiger partial charge in [-0.2, -0.15) is 13.2 Å². The van der Waals surface area contributed by atoms with Gasteiger partial charge in [-0.3, -0.25) is 4.79 Å². The van der Waals surface area contributed by atoms with Crippen LogP contribution < -0.4 is 4.74 Å². The summed E-state index contributed by atoms with van der Waals surface area (Å²) < 4.78 is 40.4. The van der Waals surface area contributed by atoms with Crippen LogP contribution in [0.5, 0.6) is 5.75 Å². The molecular weight excluding hydrogens is 277 g/mol. The lowest BCUT2D eigenvalue weighted by Gasteiger charge is -2.09. The Bertz CT molecular complexity index is 363. The molecule has 0 heterocycles. The summed E-state index contributed by atoms with van der Waals surface area (Å²) in [5.41, 5.74) is 0.251. The molecule has 0 aliphatic rings. The number of hydrogen-bond acceptors (Lipinski definition) is 2. The Kier molecular flexibility index (Phi) is 3.73. The van der Waals surface area contributed by atoms with E-state index in [1.54, 1.807) is 0 Å². The van der Waals surface area contributed by atoms with Gasteiger partial charge in [-0.1, -0.05) is 15.9 Å². The van der Waals surface area contributed by atoms with Crippen LogP contribution in [-0.2, 0) is 0 Å². The molecule has 0 radical (unpaired) electrons. The van der Waals surface area contributed by atoms with Crippen molar-refractivity contribution in [1.29, 1.82) is 0 Å². The molecule has 0 amide bonds. The summed E-state index contributed by atoms with van der Waals surface area (Å²) in [5, 5.41) is 0. The van der Waals surface area contributed by atoms with Crippen molar-refractivity contribution in [2.45, 2.75) is 6.18 Å². The molecule has 0 aromatic heterocycles. The van der Waals surface area contributed by atoms with E-state index in [0.717, 1.165) is 0 Å². The highest BCUT2D eigenvalue weighted by Crippen LogP contribution is 2.23. The third kappa shape index (κ3) is 4.33. The molecule has 82 valence electrons. The Morgan fingerprint density at radius 3 is 2.53 bits per heavy atom. The van der Waals surface area contributed by atoms with Crippen LogP contribution in [0.15, 0.2) is 22.7 Å². The number of benzene rings is 1. The highest BCUT2D eigenvalue weighted by atomic mass is 79.9. The minimum Gasteiger partial charge on any atom is -0.484 e. The molecule has 0 aliphatic carbocycles. The van der Waals surface area contributed by atoms with Crippen LogP contribution in [0.25, 0.3) is 0 Å². The summed E-state index contributed by atoms with van der Waals surface area (Å²) in [6.07, 6.45) is -3.85. The van der Waals surface area contributed by atoms with Crippen molar-refractivity contribution in [3.63, 3.8) is 0 Å². The van der Waals surface area contributed by atoms with Crippen molar-refractivity contribution in [1.82, 2.24) is 0 Å². The van der Waals surface area contributed by atoms with Crippen molar-refractivity contribution < 1.29 is 22.7 Å². The van der Waals surface area contributed by atoms with E-state index in [1.165, 1.54) is 18.2 Å². The summed E-state index contributed by atoms with van der Waals surface area (Å²) in [7, 11) is 0. The minimum absolute atomic E-state index is 0.00352. The van der Waals surface area contributed by atoms with Gasteiger partial charge in [0.05, 0.1) is 0 Å². The topological polar surface area (TPSA) is 26.3 Å². The normalized spacial score (nSPS) is 11.2. The van der Waals surface area contributed by atoms with E-state index in [4.69, 9.17) is 0 Å². The summed E-state index contributed by atoms with van der Waals surface area (Å²) >= 11 is 3.05. The van der Waals surface area contributed by atoms with Crippen molar-refractivity contribution >= 4 is 22.2 Å². The van der Waals surface area contributed by atoms with Crippen molar-refractivity contribution in [3.8, 4) is 5.75 Å². The highest BCUT2D eigenvalue weighted by Gasteiger charge is 2.28. The third-order valence-electron chi connectivity index (χ3n) is 1.43. The van der Waals surface area contributed by atoms with E-state index in [9.17, 15) is 18.0 Å². The van der Waals surface area contributed by atoms with Gasteiger partial charge >= 0.3 is 6.18 Å². The van der Waals surface area contributed by atoms with E-state index in [1.807, 2.05) is 0 Å². The van der Waals surface area contributed by atoms with Crippen LogP contribution in [0.4, 0.5) is 13.2 Å². The Morgan fingerprint density at radius 2 is 2.00 bits per heavy atom. The molecule has 0 spiro atoms. The van der Waals surface area contributed by atoms with Crippen LogP contribution in [0.1, 0.15) is 10.4 Å².